The molecule has 0 aliphatic heterocycles. The first-order chi connectivity index (χ1) is 4.18. The highest BCUT2D eigenvalue weighted by molar-refractivity contribution is 14.1. The van der Waals surface area contributed by atoms with Crippen molar-refractivity contribution in [3.8, 4) is 0 Å². The summed E-state index contributed by atoms with van der Waals surface area (Å²) < 4.78 is 6.36. The molecule has 0 N–H and O–H groups in total. The largest absolute Gasteiger partial charge is 0.371 e. The summed E-state index contributed by atoms with van der Waals surface area (Å²) in [5.74, 6) is 0. The first-order valence-electron chi connectivity index (χ1n) is 3.02. The molecule has 0 aromatic rings. The molecule has 0 rings (SSSR count). The number of alkyl halides is 1. The Bertz CT molecular complexity index is 92.9. The molecular weight excluding hydrogens is 227 g/mol. The van der Waals surface area contributed by atoms with Gasteiger partial charge in [-0.05, 0) is 13.8 Å². The van der Waals surface area contributed by atoms with Crippen LogP contribution >= 0.6 is 22.6 Å². The maximum atomic E-state index is 5.40. The Morgan fingerprint density at radius 2 is 2.33 bits per heavy atom. The lowest BCUT2D eigenvalue weighted by molar-refractivity contribution is 0.0348. The van der Waals surface area contributed by atoms with Crippen molar-refractivity contribution in [3.05, 3.63) is 12.7 Å². The number of hydrogen-bond acceptors (Lipinski definition) is 1. The van der Waals surface area contributed by atoms with Crippen molar-refractivity contribution in [1.29, 1.82) is 0 Å². The number of ether oxygens (including phenoxy) is 1. The third-order valence-electron chi connectivity index (χ3n) is 1.17. The second-order valence-electron chi connectivity index (χ2n) is 2.08. The van der Waals surface area contributed by atoms with E-state index in [2.05, 4.69) is 29.2 Å². The van der Waals surface area contributed by atoms with Crippen LogP contribution in [0.25, 0.3) is 0 Å². The topological polar surface area (TPSA) is 9.23 Å². The van der Waals surface area contributed by atoms with Gasteiger partial charge in [-0.25, -0.2) is 0 Å². The van der Waals surface area contributed by atoms with Crippen LogP contribution in [-0.2, 0) is 4.74 Å². The molecule has 0 aliphatic carbocycles. The Morgan fingerprint density at radius 1 is 1.78 bits per heavy atom. The SMILES string of the molecule is C=CC(C)(CI)OCC. The van der Waals surface area contributed by atoms with E-state index < -0.39 is 0 Å². The van der Waals surface area contributed by atoms with E-state index in [1.165, 1.54) is 0 Å². The smallest absolute Gasteiger partial charge is 0.0920 e. The fourth-order valence-electron chi connectivity index (χ4n) is 0.482. The van der Waals surface area contributed by atoms with E-state index in [9.17, 15) is 0 Å². The number of hydrogen-bond donors (Lipinski definition) is 0. The highest BCUT2D eigenvalue weighted by Gasteiger charge is 2.16. The maximum absolute atomic E-state index is 5.40. The molecule has 1 nitrogen and oxygen atoms in total. The molecular formula is C7H13IO. The normalized spacial score (nSPS) is 16.8. The lowest BCUT2D eigenvalue weighted by Crippen LogP contribution is -2.27. The minimum atomic E-state index is -0.116. The van der Waals surface area contributed by atoms with Crippen molar-refractivity contribution >= 4 is 22.6 Å². The van der Waals surface area contributed by atoms with Crippen molar-refractivity contribution in [1.82, 2.24) is 0 Å². The first-order valence-corrected chi connectivity index (χ1v) is 4.54. The summed E-state index contributed by atoms with van der Waals surface area (Å²) in [6.07, 6.45) is 1.85. The summed E-state index contributed by atoms with van der Waals surface area (Å²) in [7, 11) is 0. The summed E-state index contributed by atoms with van der Waals surface area (Å²) in [5.41, 5.74) is -0.116. The molecule has 0 fully saturated rings. The Labute approximate surface area is 70.6 Å². The van der Waals surface area contributed by atoms with Crippen LogP contribution in [0.1, 0.15) is 13.8 Å². The molecule has 0 amide bonds. The van der Waals surface area contributed by atoms with Gasteiger partial charge in [-0.15, -0.1) is 6.58 Å². The van der Waals surface area contributed by atoms with E-state index in [1.807, 2.05) is 19.9 Å². The Kier molecular flexibility index (Phi) is 4.48. The standard InChI is InChI=1S/C7H13IO/c1-4-7(3,6-8)9-5-2/h4H,1,5-6H2,2-3H3. The molecule has 0 saturated heterocycles. The summed E-state index contributed by atoms with van der Waals surface area (Å²) in [4.78, 5) is 0. The highest BCUT2D eigenvalue weighted by Crippen LogP contribution is 2.14. The zero-order valence-electron chi connectivity index (χ0n) is 5.98. The van der Waals surface area contributed by atoms with Crippen LogP contribution in [0.4, 0.5) is 0 Å². The molecule has 0 radical (unpaired) electrons. The van der Waals surface area contributed by atoms with Gasteiger partial charge in [-0.2, -0.15) is 0 Å². The van der Waals surface area contributed by atoms with Crippen LogP contribution in [0.2, 0.25) is 0 Å². The molecule has 0 aromatic carbocycles. The van der Waals surface area contributed by atoms with Crippen molar-refractivity contribution in [2.75, 3.05) is 11.0 Å². The van der Waals surface area contributed by atoms with Gasteiger partial charge in [0.2, 0.25) is 0 Å². The van der Waals surface area contributed by atoms with Crippen LogP contribution in [-0.4, -0.2) is 16.6 Å². The number of halogens is 1. The van der Waals surface area contributed by atoms with Crippen molar-refractivity contribution in [3.63, 3.8) is 0 Å². The van der Waals surface area contributed by atoms with E-state index in [1.54, 1.807) is 0 Å². The Morgan fingerprint density at radius 3 is 2.44 bits per heavy atom. The van der Waals surface area contributed by atoms with Gasteiger partial charge < -0.3 is 4.74 Å². The van der Waals surface area contributed by atoms with Crippen molar-refractivity contribution < 1.29 is 4.74 Å². The predicted octanol–water partition coefficient (Wildman–Crippen LogP) is 2.40. The average molecular weight is 240 g/mol. The van der Waals surface area contributed by atoms with E-state index in [0.717, 1.165) is 11.0 Å². The fraction of sp³-hybridized carbons (Fsp3) is 0.714. The molecule has 0 saturated carbocycles. The molecule has 0 spiro atoms. The third kappa shape index (κ3) is 3.20. The Hall–Kier alpha value is 0.430. The van der Waals surface area contributed by atoms with E-state index >= 15 is 0 Å². The van der Waals surface area contributed by atoms with E-state index in [0.29, 0.717) is 0 Å². The van der Waals surface area contributed by atoms with Crippen LogP contribution in [0.15, 0.2) is 12.7 Å². The van der Waals surface area contributed by atoms with Gasteiger partial charge in [0.1, 0.15) is 0 Å². The summed E-state index contributed by atoms with van der Waals surface area (Å²) in [6.45, 7) is 8.48. The lowest BCUT2D eigenvalue weighted by atomic mass is 10.1. The van der Waals surface area contributed by atoms with E-state index in [-0.39, 0.29) is 5.60 Å². The van der Waals surface area contributed by atoms with Gasteiger partial charge >= 0.3 is 0 Å². The highest BCUT2D eigenvalue weighted by atomic mass is 127. The van der Waals surface area contributed by atoms with Gasteiger partial charge in [0.25, 0.3) is 0 Å². The van der Waals surface area contributed by atoms with Gasteiger partial charge in [0, 0.05) is 11.0 Å². The van der Waals surface area contributed by atoms with Crippen LogP contribution in [0, 0.1) is 0 Å². The van der Waals surface area contributed by atoms with Crippen molar-refractivity contribution in [2.45, 2.75) is 19.4 Å². The molecule has 1 atom stereocenters. The fourth-order valence-corrected chi connectivity index (χ4v) is 1.01. The molecule has 2 heteroatoms. The zero-order valence-corrected chi connectivity index (χ0v) is 8.14. The second-order valence-corrected chi connectivity index (χ2v) is 2.85. The monoisotopic (exact) mass is 240 g/mol. The molecule has 0 heterocycles. The second kappa shape index (κ2) is 4.28. The molecule has 1 unspecified atom stereocenters. The lowest BCUT2D eigenvalue weighted by Gasteiger charge is -2.22. The molecule has 0 bridgehead atoms. The third-order valence-corrected chi connectivity index (χ3v) is 2.69. The van der Waals surface area contributed by atoms with E-state index in [4.69, 9.17) is 4.74 Å². The number of rotatable bonds is 4. The minimum absolute atomic E-state index is 0.116. The zero-order chi connectivity index (χ0) is 7.33. The first kappa shape index (κ1) is 9.43. The summed E-state index contributed by atoms with van der Waals surface area (Å²) in [6, 6.07) is 0. The van der Waals surface area contributed by atoms with Crippen LogP contribution in [0.3, 0.4) is 0 Å². The maximum Gasteiger partial charge on any atom is 0.0920 e. The van der Waals surface area contributed by atoms with Crippen LogP contribution in [0.5, 0.6) is 0 Å². The van der Waals surface area contributed by atoms with Gasteiger partial charge in [0.15, 0.2) is 0 Å². The molecule has 0 aliphatic rings. The van der Waals surface area contributed by atoms with Gasteiger partial charge in [-0.3, -0.25) is 0 Å². The summed E-state index contributed by atoms with van der Waals surface area (Å²) in [5, 5.41) is 0. The van der Waals surface area contributed by atoms with Gasteiger partial charge in [0.05, 0.1) is 5.60 Å². The van der Waals surface area contributed by atoms with Crippen LogP contribution < -0.4 is 0 Å². The Balaban J connectivity index is 3.76. The molecule has 0 aromatic heterocycles. The average Bonchev–Trinajstić information content (AvgIpc) is 1.89. The quantitative estimate of drug-likeness (QED) is 0.416. The van der Waals surface area contributed by atoms with Gasteiger partial charge in [-0.1, -0.05) is 28.7 Å². The minimum Gasteiger partial charge on any atom is -0.371 e. The molecule has 9 heavy (non-hydrogen) atoms. The summed E-state index contributed by atoms with van der Waals surface area (Å²) >= 11 is 2.29. The molecule has 54 valence electrons. The predicted molar refractivity (Wildman–Crippen MR) is 49.1 cm³/mol. The van der Waals surface area contributed by atoms with Crippen molar-refractivity contribution in [2.24, 2.45) is 0 Å².